The van der Waals surface area contributed by atoms with E-state index in [0.717, 1.165) is 5.46 Å². The topological polar surface area (TPSA) is 18.5 Å². The molecule has 0 aromatic heterocycles. The van der Waals surface area contributed by atoms with Crippen LogP contribution in [-0.2, 0) is 9.31 Å². The minimum atomic E-state index is -0.313. The van der Waals surface area contributed by atoms with E-state index in [4.69, 9.17) is 9.31 Å². The molecule has 1 aliphatic rings. The molecule has 0 amide bonds. The molecule has 3 heteroatoms. The lowest BCUT2D eigenvalue weighted by Gasteiger charge is -2.32. The van der Waals surface area contributed by atoms with Crippen molar-refractivity contribution in [2.24, 2.45) is 0 Å². The summed E-state index contributed by atoms with van der Waals surface area (Å²) in [5, 5.41) is 0. The van der Waals surface area contributed by atoms with Gasteiger partial charge in [-0.25, -0.2) is 0 Å². The van der Waals surface area contributed by atoms with E-state index >= 15 is 0 Å². The molecule has 114 valence electrons. The van der Waals surface area contributed by atoms with E-state index in [-0.39, 0.29) is 18.3 Å². The molecule has 0 spiro atoms. The van der Waals surface area contributed by atoms with E-state index in [1.165, 1.54) is 16.7 Å². The third-order valence-corrected chi connectivity index (χ3v) is 4.73. The summed E-state index contributed by atoms with van der Waals surface area (Å²) in [6.07, 6.45) is 0. The van der Waals surface area contributed by atoms with Crippen LogP contribution in [0.4, 0.5) is 0 Å². The molecule has 1 heterocycles. The second kappa shape index (κ2) is 5.25. The van der Waals surface area contributed by atoms with Crippen LogP contribution in [0.2, 0.25) is 0 Å². The second-order valence-electron chi connectivity index (χ2n) is 7.09. The Bertz CT molecular complexity index is 661. The molecule has 0 unspecified atom stereocenters. The Kier molecular flexibility index (Phi) is 3.66. The zero-order chi connectivity index (χ0) is 16.0. The van der Waals surface area contributed by atoms with Gasteiger partial charge in [0.05, 0.1) is 11.2 Å². The van der Waals surface area contributed by atoms with Crippen molar-refractivity contribution in [3.63, 3.8) is 0 Å². The molecule has 0 saturated carbocycles. The molecule has 0 bridgehead atoms. The van der Waals surface area contributed by atoms with Gasteiger partial charge in [0.2, 0.25) is 0 Å². The van der Waals surface area contributed by atoms with Crippen molar-refractivity contribution >= 4 is 12.6 Å². The highest BCUT2D eigenvalue weighted by Crippen LogP contribution is 2.36. The lowest BCUT2D eigenvalue weighted by atomic mass is 9.77. The fourth-order valence-electron chi connectivity index (χ4n) is 2.73. The van der Waals surface area contributed by atoms with Crippen LogP contribution in [0, 0.1) is 6.92 Å². The number of benzene rings is 2. The molecule has 3 rings (SSSR count). The number of aryl methyl sites for hydroxylation is 1. The lowest BCUT2D eigenvalue weighted by molar-refractivity contribution is 0.00578. The molecule has 0 aliphatic carbocycles. The SMILES string of the molecule is Cc1cc(B2OC(C)(C)C(C)(C)O2)cc(-c2ccccc2)c1. The minimum Gasteiger partial charge on any atom is -0.399 e. The molecule has 1 fully saturated rings. The van der Waals surface area contributed by atoms with Gasteiger partial charge in [0.1, 0.15) is 0 Å². The van der Waals surface area contributed by atoms with Gasteiger partial charge >= 0.3 is 7.12 Å². The van der Waals surface area contributed by atoms with Crippen LogP contribution in [0.25, 0.3) is 11.1 Å². The molecule has 2 nitrogen and oxygen atoms in total. The normalized spacial score (nSPS) is 19.4. The van der Waals surface area contributed by atoms with E-state index in [1.54, 1.807) is 0 Å². The van der Waals surface area contributed by atoms with E-state index < -0.39 is 0 Å². The minimum absolute atomic E-state index is 0.311. The summed E-state index contributed by atoms with van der Waals surface area (Å²) >= 11 is 0. The first-order chi connectivity index (χ1) is 10.3. The van der Waals surface area contributed by atoms with E-state index in [9.17, 15) is 0 Å². The molecular weight excluding hydrogens is 271 g/mol. The summed E-state index contributed by atoms with van der Waals surface area (Å²) in [5.41, 5.74) is 4.08. The van der Waals surface area contributed by atoms with Crippen molar-refractivity contribution in [2.45, 2.75) is 45.8 Å². The van der Waals surface area contributed by atoms with E-state index in [0.29, 0.717) is 0 Å². The van der Waals surface area contributed by atoms with Crippen LogP contribution < -0.4 is 5.46 Å². The first-order valence-corrected chi connectivity index (χ1v) is 7.81. The zero-order valence-electron chi connectivity index (χ0n) is 14.0. The standard InChI is InChI=1S/C19H23BO2/c1-14-11-16(15-9-7-6-8-10-15)13-17(12-14)20-21-18(2,3)19(4,5)22-20/h6-13H,1-5H3. The van der Waals surface area contributed by atoms with Gasteiger partial charge in [-0.2, -0.15) is 0 Å². The van der Waals surface area contributed by atoms with Crippen molar-refractivity contribution in [3.05, 3.63) is 54.1 Å². The predicted octanol–water partition coefficient (Wildman–Crippen LogP) is 3.96. The van der Waals surface area contributed by atoms with E-state index in [2.05, 4.69) is 77.1 Å². The third kappa shape index (κ3) is 2.71. The summed E-state index contributed by atoms with van der Waals surface area (Å²) in [7, 11) is -0.313. The summed E-state index contributed by atoms with van der Waals surface area (Å²) in [6.45, 7) is 10.4. The molecule has 1 aliphatic heterocycles. The quantitative estimate of drug-likeness (QED) is 0.780. The molecule has 0 atom stereocenters. The Morgan fingerprint density at radius 2 is 1.36 bits per heavy atom. The summed E-state index contributed by atoms with van der Waals surface area (Å²) in [6, 6.07) is 16.9. The van der Waals surface area contributed by atoms with Crippen molar-refractivity contribution in [2.75, 3.05) is 0 Å². The average Bonchev–Trinajstić information content (AvgIpc) is 2.68. The molecule has 0 radical (unpaired) electrons. The second-order valence-corrected chi connectivity index (χ2v) is 7.09. The van der Waals surface area contributed by atoms with Gasteiger partial charge in [-0.15, -0.1) is 0 Å². The van der Waals surface area contributed by atoms with Crippen LogP contribution in [0.1, 0.15) is 33.3 Å². The largest absolute Gasteiger partial charge is 0.494 e. The predicted molar refractivity (Wildman–Crippen MR) is 92.3 cm³/mol. The monoisotopic (exact) mass is 294 g/mol. The van der Waals surface area contributed by atoms with Crippen molar-refractivity contribution < 1.29 is 9.31 Å². The summed E-state index contributed by atoms with van der Waals surface area (Å²) in [4.78, 5) is 0. The first-order valence-electron chi connectivity index (χ1n) is 7.81. The van der Waals surface area contributed by atoms with Crippen LogP contribution in [0.3, 0.4) is 0 Å². The van der Waals surface area contributed by atoms with Gasteiger partial charge < -0.3 is 9.31 Å². The van der Waals surface area contributed by atoms with Crippen LogP contribution >= 0.6 is 0 Å². The highest BCUT2D eigenvalue weighted by Gasteiger charge is 2.51. The van der Waals surface area contributed by atoms with Crippen molar-refractivity contribution in [3.8, 4) is 11.1 Å². The summed E-state index contributed by atoms with van der Waals surface area (Å²) < 4.78 is 12.3. The Balaban J connectivity index is 1.98. The maximum Gasteiger partial charge on any atom is 0.494 e. The Morgan fingerprint density at radius 1 is 0.773 bits per heavy atom. The third-order valence-electron chi connectivity index (χ3n) is 4.73. The Hall–Kier alpha value is -1.58. The number of hydrogen-bond acceptors (Lipinski definition) is 2. The Morgan fingerprint density at radius 3 is 1.95 bits per heavy atom. The fraction of sp³-hybridized carbons (Fsp3) is 0.368. The smallest absolute Gasteiger partial charge is 0.399 e. The van der Waals surface area contributed by atoms with E-state index in [1.807, 2.05) is 6.07 Å². The van der Waals surface area contributed by atoms with Gasteiger partial charge in [0.25, 0.3) is 0 Å². The molecule has 0 N–H and O–H groups in total. The van der Waals surface area contributed by atoms with Gasteiger partial charge in [-0.05, 0) is 51.2 Å². The zero-order valence-corrected chi connectivity index (χ0v) is 14.0. The van der Waals surface area contributed by atoms with Gasteiger partial charge in [-0.1, -0.05) is 54.1 Å². The molecular formula is C19H23BO2. The Labute approximate surface area is 133 Å². The molecule has 1 saturated heterocycles. The molecule has 22 heavy (non-hydrogen) atoms. The average molecular weight is 294 g/mol. The lowest BCUT2D eigenvalue weighted by Crippen LogP contribution is -2.41. The maximum absolute atomic E-state index is 6.17. The first kappa shape index (κ1) is 15.3. The highest BCUT2D eigenvalue weighted by molar-refractivity contribution is 6.62. The van der Waals surface area contributed by atoms with Crippen LogP contribution in [-0.4, -0.2) is 18.3 Å². The van der Waals surface area contributed by atoms with Gasteiger partial charge in [0, 0.05) is 0 Å². The molecule has 2 aromatic carbocycles. The fourth-order valence-corrected chi connectivity index (χ4v) is 2.73. The van der Waals surface area contributed by atoms with Crippen LogP contribution in [0.5, 0.6) is 0 Å². The summed E-state index contributed by atoms with van der Waals surface area (Å²) in [5.74, 6) is 0. The maximum atomic E-state index is 6.17. The van der Waals surface area contributed by atoms with Crippen LogP contribution in [0.15, 0.2) is 48.5 Å². The highest BCUT2D eigenvalue weighted by atomic mass is 16.7. The van der Waals surface area contributed by atoms with Gasteiger partial charge in [-0.3, -0.25) is 0 Å². The number of rotatable bonds is 2. The van der Waals surface area contributed by atoms with Crippen molar-refractivity contribution in [1.82, 2.24) is 0 Å². The molecule has 2 aromatic rings. The van der Waals surface area contributed by atoms with Crippen molar-refractivity contribution in [1.29, 1.82) is 0 Å². The number of hydrogen-bond donors (Lipinski definition) is 0. The van der Waals surface area contributed by atoms with Gasteiger partial charge in [0.15, 0.2) is 0 Å².